The van der Waals surface area contributed by atoms with Crippen molar-refractivity contribution in [3.05, 3.63) is 21.4 Å². The molecule has 0 spiro atoms. The Balaban J connectivity index is 2.36. The van der Waals surface area contributed by atoms with Gasteiger partial charge in [-0.1, -0.05) is 0 Å². The van der Waals surface area contributed by atoms with Gasteiger partial charge in [-0.05, 0) is 37.8 Å². The molecule has 1 unspecified atom stereocenters. The molecule has 1 nitrogen and oxygen atoms in total. The Labute approximate surface area is 77.4 Å². The zero-order valence-corrected chi connectivity index (χ0v) is 8.41. The van der Waals surface area contributed by atoms with E-state index >= 15 is 0 Å². The summed E-state index contributed by atoms with van der Waals surface area (Å²) in [4.78, 5) is 2.97. The molecule has 0 amide bonds. The van der Waals surface area contributed by atoms with Crippen LogP contribution in [0, 0.1) is 6.92 Å². The zero-order chi connectivity index (χ0) is 8.55. The average Bonchev–Trinajstić information content (AvgIpc) is 2.44. The molecule has 66 valence electrons. The second kappa shape index (κ2) is 3.19. The van der Waals surface area contributed by atoms with E-state index in [1.165, 1.54) is 29.7 Å². The van der Waals surface area contributed by atoms with Gasteiger partial charge in [-0.15, -0.1) is 11.3 Å². The normalized spacial score (nSPS) is 22.3. The summed E-state index contributed by atoms with van der Waals surface area (Å²) in [6.07, 6.45) is 4.11. The molecule has 1 aliphatic carbocycles. The minimum Gasteiger partial charge on any atom is -0.377 e. The summed E-state index contributed by atoms with van der Waals surface area (Å²) in [5.41, 5.74) is 1.45. The van der Waals surface area contributed by atoms with Crippen LogP contribution in [0.25, 0.3) is 0 Å². The molecule has 1 aromatic rings. The van der Waals surface area contributed by atoms with Crippen molar-refractivity contribution in [1.29, 1.82) is 0 Å². The first-order chi connectivity index (χ1) is 5.81. The summed E-state index contributed by atoms with van der Waals surface area (Å²) < 4.78 is 5.44. The topological polar surface area (TPSA) is 9.23 Å². The van der Waals surface area contributed by atoms with Gasteiger partial charge in [-0.25, -0.2) is 0 Å². The number of ether oxygens (including phenoxy) is 1. The highest BCUT2D eigenvalue weighted by atomic mass is 32.1. The van der Waals surface area contributed by atoms with Crippen LogP contribution in [-0.4, -0.2) is 7.11 Å². The largest absolute Gasteiger partial charge is 0.377 e. The summed E-state index contributed by atoms with van der Waals surface area (Å²) >= 11 is 1.93. The molecule has 0 saturated heterocycles. The minimum absolute atomic E-state index is 0.374. The lowest BCUT2D eigenvalue weighted by Crippen LogP contribution is -2.08. The Hall–Kier alpha value is -0.340. The summed E-state index contributed by atoms with van der Waals surface area (Å²) in [6, 6.07) is 2.29. The molecule has 12 heavy (non-hydrogen) atoms. The Morgan fingerprint density at radius 2 is 2.42 bits per heavy atom. The maximum atomic E-state index is 5.44. The van der Waals surface area contributed by atoms with Crippen LogP contribution in [0.4, 0.5) is 0 Å². The van der Waals surface area contributed by atoms with Crippen LogP contribution < -0.4 is 0 Å². The highest BCUT2D eigenvalue weighted by molar-refractivity contribution is 7.12. The zero-order valence-electron chi connectivity index (χ0n) is 7.59. The fourth-order valence-electron chi connectivity index (χ4n) is 1.90. The predicted molar refractivity (Wildman–Crippen MR) is 51.7 cm³/mol. The molecular formula is C10H14OS. The predicted octanol–water partition coefficient (Wildman–Crippen LogP) is 3.08. The van der Waals surface area contributed by atoms with E-state index in [-0.39, 0.29) is 0 Å². The molecule has 2 rings (SSSR count). The van der Waals surface area contributed by atoms with Crippen molar-refractivity contribution in [1.82, 2.24) is 0 Å². The molecule has 0 aliphatic heterocycles. The van der Waals surface area contributed by atoms with Gasteiger partial charge in [-0.3, -0.25) is 0 Å². The Kier molecular flexibility index (Phi) is 2.20. The van der Waals surface area contributed by atoms with Gasteiger partial charge in [0.05, 0.1) is 6.10 Å². The molecule has 0 N–H and O–H groups in total. The second-order valence-electron chi connectivity index (χ2n) is 3.35. The summed E-state index contributed by atoms with van der Waals surface area (Å²) in [5, 5.41) is 0. The Morgan fingerprint density at radius 3 is 3.17 bits per heavy atom. The number of hydrogen-bond acceptors (Lipinski definition) is 2. The SMILES string of the molecule is COC1CCCc2sc(C)cc21. The van der Waals surface area contributed by atoms with E-state index in [0.29, 0.717) is 6.10 Å². The van der Waals surface area contributed by atoms with Crippen molar-refractivity contribution in [3.8, 4) is 0 Å². The van der Waals surface area contributed by atoms with Gasteiger partial charge in [0.25, 0.3) is 0 Å². The fourth-order valence-corrected chi connectivity index (χ4v) is 3.03. The first kappa shape index (κ1) is 8.27. The minimum atomic E-state index is 0.374. The van der Waals surface area contributed by atoms with Crippen molar-refractivity contribution >= 4 is 11.3 Å². The molecular weight excluding hydrogens is 168 g/mol. The van der Waals surface area contributed by atoms with Gasteiger partial charge < -0.3 is 4.74 Å². The monoisotopic (exact) mass is 182 g/mol. The lowest BCUT2D eigenvalue weighted by atomic mass is 9.96. The van der Waals surface area contributed by atoms with Crippen LogP contribution in [0.15, 0.2) is 6.07 Å². The van der Waals surface area contributed by atoms with Crippen LogP contribution in [-0.2, 0) is 11.2 Å². The van der Waals surface area contributed by atoms with Crippen LogP contribution in [0.2, 0.25) is 0 Å². The summed E-state index contributed by atoms with van der Waals surface area (Å²) in [7, 11) is 1.81. The number of thiophene rings is 1. The molecule has 0 radical (unpaired) electrons. The lowest BCUT2D eigenvalue weighted by Gasteiger charge is -2.20. The van der Waals surface area contributed by atoms with Gasteiger partial charge in [0.15, 0.2) is 0 Å². The van der Waals surface area contributed by atoms with Crippen molar-refractivity contribution in [2.24, 2.45) is 0 Å². The highest BCUT2D eigenvalue weighted by Crippen LogP contribution is 2.36. The van der Waals surface area contributed by atoms with Gasteiger partial charge in [-0.2, -0.15) is 0 Å². The van der Waals surface area contributed by atoms with E-state index in [9.17, 15) is 0 Å². The average molecular weight is 182 g/mol. The number of fused-ring (bicyclic) bond motifs is 1. The fraction of sp³-hybridized carbons (Fsp3) is 0.600. The van der Waals surface area contributed by atoms with E-state index < -0.39 is 0 Å². The van der Waals surface area contributed by atoms with Gasteiger partial charge in [0.1, 0.15) is 0 Å². The van der Waals surface area contributed by atoms with Crippen molar-refractivity contribution < 1.29 is 4.74 Å². The molecule has 0 aromatic carbocycles. The molecule has 1 atom stereocenters. The third-order valence-corrected chi connectivity index (χ3v) is 3.59. The summed E-state index contributed by atoms with van der Waals surface area (Å²) in [6.45, 7) is 2.18. The number of methoxy groups -OCH3 is 1. The molecule has 0 saturated carbocycles. The van der Waals surface area contributed by atoms with E-state index in [1.807, 2.05) is 18.4 Å². The van der Waals surface area contributed by atoms with Gasteiger partial charge in [0, 0.05) is 16.9 Å². The standard InChI is InChI=1S/C10H14OS/c1-7-6-8-9(11-2)4-3-5-10(8)12-7/h6,9H,3-5H2,1-2H3. The second-order valence-corrected chi connectivity index (χ2v) is 4.69. The van der Waals surface area contributed by atoms with E-state index in [4.69, 9.17) is 4.74 Å². The summed E-state index contributed by atoms with van der Waals surface area (Å²) in [5.74, 6) is 0. The van der Waals surface area contributed by atoms with Crippen LogP contribution in [0.1, 0.15) is 34.3 Å². The van der Waals surface area contributed by atoms with Crippen molar-refractivity contribution in [2.75, 3.05) is 7.11 Å². The Bertz CT molecular complexity index is 277. The first-order valence-electron chi connectivity index (χ1n) is 4.43. The molecule has 1 heterocycles. The third-order valence-electron chi connectivity index (χ3n) is 2.47. The molecule has 1 aromatic heterocycles. The molecule has 2 heteroatoms. The lowest BCUT2D eigenvalue weighted by molar-refractivity contribution is 0.0888. The third kappa shape index (κ3) is 1.29. The van der Waals surface area contributed by atoms with Gasteiger partial charge in [0.2, 0.25) is 0 Å². The smallest absolute Gasteiger partial charge is 0.0832 e. The van der Waals surface area contributed by atoms with E-state index in [1.54, 1.807) is 4.88 Å². The molecule has 0 bridgehead atoms. The number of hydrogen-bond donors (Lipinski definition) is 0. The maximum Gasteiger partial charge on any atom is 0.0832 e. The van der Waals surface area contributed by atoms with Gasteiger partial charge >= 0.3 is 0 Å². The molecule has 1 aliphatic rings. The first-order valence-corrected chi connectivity index (χ1v) is 5.25. The molecule has 0 fully saturated rings. The van der Waals surface area contributed by atoms with E-state index in [0.717, 1.165) is 0 Å². The van der Waals surface area contributed by atoms with Crippen molar-refractivity contribution in [3.63, 3.8) is 0 Å². The van der Waals surface area contributed by atoms with Crippen LogP contribution in [0.5, 0.6) is 0 Å². The Morgan fingerprint density at radius 1 is 1.58 bits per heavy atom. The number of aryl methyl sites for hydroxylation is 2. The van der Waals surface area contributed by atoms with E-state index in [2.05, 4.69) is 13.0 Å². The van der Waals surface area contributed by atoms with Crippen LogP contribution >= 0.6 is 11.3 Å². The van der Waals surface area contributed by atoms with Crippen molar-refractivity contribution in [2.45, 2.75) is 32.3 Å². The number of rotatable bonds is 1. The quantitative estimate of drug-likeness (QED) is 0.648. The highest BCUT2D eigenvalue weighted by Gasteiger charge is 2.21. The maximum absolute atomic E-state index is 5.44. The van der Waals surface area contributed by atoms with Crippen LogP contribution in [0.3, 0.4) is 0 Å².